The molecule has 6 rings (SSSR count). The molecule has 3 aromatic carbocycles. The summed E-state index contributed by atoms with van der Waals surface area (Å²) in [6.07, 6.45) is 1.81. The van der Waals surface area contributed by atoms with Crippen molar-refractivity contribution in [1.82, 2.24) is 9.97 Å². The fraction of sp³-hybridized carbons (Fsp3) is 0.125. The van der Waals surface area contributed by atoms with Crippen molar-refractivity contribution in [2.24, 2.45) is 0 Å². The summed E-state index contributed by atoms with van der Waals surface area (Å²) in [6, 6.07) is 36.7. The van der Waals surface area contributed by atoms with Crippen molar-refractivity contribution in [3.05, 3.63) is 121 Å². The number of fused-ring (bicyclic) bond motifs is 3. The van der Waals surface area contributed by atoms with E-state index < -0.39 is 0 Å². The largest absolute Gasteiger partial charge is 0.501 e. The number of rotatable bonds is 3. The third-order valence-electron chi connectivity index (χ3n) is 5.92. The number of aromatic nitrogens is 2. The summed E-state index contributed by atoms with van der Waals surface area (Å²) in [5.41, 5.74) is 7.94. The van der Waals surface area contributed by atoms with Crippen LogP contribution in [-0.4, -0.2) is 9.97 Å². The Morgan fingerprint density at radius 2 is 1.56 bits per heavy atom. The number of benzene rings is 3. The summed E-state index contributed by atoms with van der Waals surface area (Å²) in [6.45, 7) is 6.37. The van der Waals surface area contributed by atoms with E-state index in [9.17, 15) is 0 Å². The molecular weight excluding hydrogens is 621 g/mol. The monoisotopic (exact) mass is 647 g/mol. The average molecular weight is 647 g/mol. The zero-order valence-electron chi connectivity index (χ0n) is 20.5. The van der Waals surface area contributed by atoms with E-state index in [4.69, 9.17) is 4.42 Å². The Bertz CT molecular complexity index is 1590. The minimum absolute atomic E-state index is 0. The Morgan fingerprint density at radius 3 is 2.33 bits per heavy atom. The van der Waals surface area contributed by atoms with Crippen LogP contribution in [0.15, 0.2) is 102 Å². The van der Waals surface area contributed by atoms with Crippen molar-refractivity contribution in [3.8, 4) is 22.5 Å². The Morgan fingerprint density at radius 1 is 0.778 bits per heavy atom. The maximum absolute atomic E-state index is 6.01. The fourth-order valence-corrected chi connectivity index (χ4v) is 4.08. The second kappa shape index (κ2) is 11.4. The van der Waals surface area contributed by atoms with Gasteiger partial charge in [-0.1, -0.05) is 67.3 Å². The molecule has 0 fully saturated rings. The van der Waals surface area contributed by atoms with E-state index in [-0.39, 0.29) is 20.1 Å². The third-order valence-corrected chi connectivity index (χ3v) is 5.92. The third kappa shape index (κ3) is 5.46. The summed E-state index contributed by atoms with van der Waals surface area (Å²) in [7, 11) is 0. The summed E-state index contributed by atoms with van der Waals surface area (Å²) in [5.74, 6) is 0.544. The molecule has 0 saturated carbocycles. The molecule has 0 atom stereocenters. The van der Waals surface area contributed by atoms with Gasteiger partial charge in [0.2, 0.25) is 0 Å². The maximum Gasteiger partial charge on any atom is 0.120 e. The van der Waals surface area contributed by atoms with Crippen LogP contribution in [0.1, 0.15) is 31.0 Å². The molecule has 6 aromatic rings. The van der Waals surface area contributed by atoms with E-state index in [0.717, 1.165) is 50.1 Å². The minimum Gasteiger partial charge on any atom is -0.501 e. The van der Waals surface area contributed by atoms with E-state index in [1.54, 1.807) is 0 Å². The van der Waals surface area contributed by atoms with E-state index in [0.29, 0.717) is 5.92 Å². The van der Waals surface area contributed by atoms with Gasteiger partial charge in [0.05, 0.1) is 5.58 Å². The minimum atomic E-state index is 0. The van der Waals surface area contributed by atoms with Crippen LogP contribution in [0.3, 0.4) is 0 Å². The van der Waals surface area contributed by atoms with Gasteiger partial charge >= 0.3 is 0 Å². The fourth-order valence-electron chi connectivity index (χ4n) is 4.08. The number of nitrogens with zero attached hydrogens (tertiary/aromatic N) is 2. The van der Waals surface area contributed by atoms with Gasteiger partial charge in [-0.15, -0.1) is 53.6 Å². The van der Waals surface area contributed by atoms with Crippen LogP contribution in [-0.2, 0) is 20.1 Å². The first-order valence-corrected chi connectivity index (χ1v) is 11.8. The van der Waals surface area contributed by atoms with Crippen molar-refractivity contribution in [2.45, 2.75) is 26.7 Å². The van der Waals surface area contributed by atoms with Crippen molar-refractivity contribution >= 4 is 21.9 Å². The molecule has 0 aliphatic heterocycles. The normalized spacial score (nSPS) is 10.7. The number of hydrogen-bond acceptors (Lipinski definition) is 3. The van der Waals surface area contributed by atoms with Crippen LogP contribution in [0.4, 0.5) is 0 Å². The van der Waals surface area contributed by atoms with Gasteiger partial charge in [-0.25, -0.2) is 0 Å². The van der Waals surface area contributed by atoms with Crippen LogP contribution >= 0.6 is 0 Å². The molecule has 3 heterocycles. The zero-order valence-corrected chi connectivity index (χ0v) is 22.8. The average Bonchev–Trinajstić information content (AvgIpc) is 3.29. The van der Waals surface area contributed by atoms with E-state index >= 15 is 0 Å². The molecule has 0 aliphatic rings. The van der Waals surface area contributed by atoms with Gasteiger partial charge in [-0.3, -0.25) is 0 Å². The molecule has 0 N–H and O–H groups in total. The second-order valence-electron chi connectivity index (χ2n) is 8.76. The molecule has 0 aliphatic carbocycles. The number of para-hydroxylation sites is 1. The van der Waals surface area contributed by atoms with Crippen LogP contribution < -0.4 is 0 Å². The molecule has 181 valence electrons. The second-order valence-corrected chi connectivity index (χ2v) is 8.76. The van der Waals surface area contributed by atoms with E-state index in [1.165, 1.54) is 5.56 Å². The van der Waals surface area contributed by atoms with Gasteiger partial charge in [0.15, 0.2) is 0 Å². The summed E-state index contributed by atoms with van der Waals surface area (Å²) in [4.78, 5) is 8.89. The summed E-state index contributed by atoms with van der Waals surface area (Å²) in [5, 5.41) is 2.24. The Balaban J connectivity index is 0.000000172. The first-order valence-electron chi connectivity index (χ1n) is 11.8. The molecule has 0 amide bonds. The topological polar surface area (TPSA) is 38.9 Å². The molecule has 1 radical (unpaired) electrons. The van der Waals surface area contributed by atoms with Gasteiger partial charge in [-0.05, 0) is 42.4 Å². The van der Waals surface area contributed by atoms with E-state index in [1.807, 2.05) is 85.9 Å². The van der Waals surface area contributed by atoms with Gasteiger partial charge in [0, 0.05) is 37.4 Å². The summed E-state index contributed by atoms with van der Waals surface area (Å²) < 4.78 is 6.01. The van der Waals surface area contributed by atoms with Crippen molar-refractivity contribution in [3.63, 3.8) is 0 Å². The van der Waals surface area contributed by atoms with Gasteiger partial charge in [-0.2, -0.15) is 0 Å². The molecule has 36 heavy (non-hydrogen) atoms. The smallest absolute Gasteiger partial charge is 0.120 e. The number of hydrogen-bond donors (Lipinski definition) is 0. The molecule has 0 bridgehead atoms. The summed E-state index contributed by atoms with van der Waals surface area (Å²) >= 11 is 0. The molecule has 0 unspecified atom stereocenters. The standard InChI is InChI=1S/C18H12NO.C14H14N.Ir/c1-12-6-4-10-16(19-12)15-9-5-8-14-13-7-2-3-11-17(13)20-18(14)15;1-11(2)12-6-5-7-13(10-12)14-8-3-4-9-15-14;/h2-8,10-11H,1H3;3-6,8-11H,1-2H3;/q2*-1;. The maximum atomic E-state index is 6.01. The van der Waals surface area contributed by atoms with Gasteiger partial charge in [0.25, 0.3) is 0 Å². The number of furan rings is 1. The van der Waals surface area contributed by atoms with Gasteiger partial charge in [0.1, 0.15) is 5.58 Å². The van der Waals surface area contributed by atoms with Crippen molar-refractivity contribution < 1.29 is 24.5 Å². The van der Waals surface area contributed by atoms with E-state index in [2.05, 4.69) is 54.1 Å². The molecule has 0 spiro atoms. The number of pyridine rings is 2. The molecule has 3 nitrogen and oxygen atoms in total. The predicted octanol–water partition coefficient (Wildman–Crippen LogP) is 8.43. The van der Waals surface area contributed by atoms with Crippen molar-refractivity contribution in [1.29, 1.82) is 0 Å². The number of aryl methyl sites for hydroxylation is 1. The zero-order chi connectivity index (χ0) is 24.2. The first kappa shape index (κ1) is 25.5. The van der Waals surface area contributed by atoms with Gasteiger partial charge < -0.3 is 14.4 Å². The van der Waals surface area contributed by atoms with Crippen LogP contribution in [0.5, 0.6) is 0 Å². The molecular formula is C32H26IrN2O-2. The predicted molar refractivity (Wildman–Crippen MR) is 143 cm³/mol. The Labute approximate surface area is 225 Å². The molecule has 4 heteroatoms. The molecule has 0 saturated heterocycles. The first-order chi connectivity index (χ1) is 17.1. The van der Waals surface area contributed by atoms with Crippen LogP contribution in [0.25, 0.3) is 44.5 Å². The quantitative estimate of drug-likeness (QED) is 0.181. The van der Waals surface area contributed by atoms with Crippen LogP contribution in [0.2, 0.25) is 0 Å². The Hall–Kier alpha value is -3.59. The molecule has 3 aromatic heterocycles. The van der Waals surface area contributed by atoms with Crippen molar-refractivity contribution in [2.75, 3.05) is 0 Å². The SMILES string of the molecule is CC(C)c1cc[c-]c(-c2ccccn2)c1.Cc1cccc(-c2[c-]ccc3c2oc2ccccc23)n1.[Ir]. The van der Waals surface area contributed by atoms with Crippen LogP contribution in [0, 0.1) is 19.1 Å². The Kier molecular flexibility index (Phi) is 8.10.